The van der Waals surface area contributed by atoms with E-state index in [4.69, 9.17) is 4.74 Å². The Bertz CT molecular complexity index is 1070. The molecule has 0 radical (unpaired) electrons. The molecule has 3 amide bonds. The molecule has 2 atom stereocenters. The first-order valence-electron chi connectivity index (χ1n) is 12.4. The monoisotopic (exact) mass is 513 g/mol. The summed E-state index contributed by atoms with van der Waals surface area (Å²) in [5, 5.41) is 7.84. The molecule has 2 aromatic rings. The van der Waals surface area contributed by atoms with Gasteiger partial charge in [-0.3, -0.25) is 19.2 Å². The summed E-state index contributed by atoms with van der Waals surface area (Å²) in [5.41, 5.74) is 1.44. The Balaban J connectivity index is 1.96. The van der Waals surface area contributed by atoms with Crippen molar-refractivity contribution in [3.8, 4) is 5.75 Å². The Morgan fingerprint density at radius 3 is 2.27 bits per heavy atom. The Labute approximate surface area is 217 Å². The first-order chi connectivity index (χ1) is 17.6. The quantitative estimate of drug-likeness (QED) is 0.336. The Morgan fingerprint density at radius 1 is 0.946 bits per heavy atom. The zero-order valence-corrected chi connectivity index (χ0v) is 21.8. The number of carbonyl (C=O) groups is 4. The highest BCUT2D eigenvalue weighted by molar-refractivity contribution is 6.38. The molecule has 8 nitrogen and oxygen atoms in total. The van der Waals surface area contributed by atoms with E-state index >= 15 is 0 Å². The summed E-state index contributed by atoms with van der Waals surface area (Å²) in [5.74, 6) is -2.66. The van der Waals surface area contributed by atoms with Crippen LogP contribution in [0.25, 0.3) is 0 Å². The smallest absolute Gasteiger partial charge is 0.289 e. The van der Waals surface area contributed by atoms with Crippen LogP contribution in [0.15, 0.2) is 48.5 Å². The highest BCUT2D eigenvalue weighted by atomic mass is 19.1. The molecule has 0 fully saturated rings. The van der Waals surface area contributed by atoms with Crippen LogP contribution in [-0.4, -0.2) is 42.7 Å². The number of aryl methyl sites for hydroxylation is 1. The molecule has 2 aromatic carbocycles. The van der Waals surface area contributed by atoms with Gasteiger partial charge in [0.15, 0.2) is 0 Å². The van der Waals surface area contributed by atoms with Gasteiger partial charge in [-0.2, -0.15) is 0 Å². The number of ether oxygens (including phenoxy) is 1. The minimum atomic E-state index is -1.06. The largest absolute Gasteiger partial charge is 0.497 e. The van der Waals surface area contributed by atoms with Crippen LogP contribution in [-0.2, 0) is 32.1 Å². The van der Waals surface area contributed by atoms with Gasteiger partial charge in [0.1, 0.15) is 17.6 Å². The summed E-state index contributed by atoms with van der Waals surface area (Å²) in [7, 11) is 1.40. The highest BCUT2D eigenvalue weighted by Gasteiger charge is 2.29. The van der Waals surface area contributed by atoms with Crippen molar-refractivity contribution < 1.29 is 28.3 Å². The average molecular weight is 514 g/mol. The minimum Gasteiger partial charge on any atom is -0.497 e. The highest BCUT2D eigenvalue weighted by Crippen LogP contribution is 2.16. The number of benzene rings is 2. The summed E-state index contributed by atoms with van der Waals surface area (Å²) in [4.78, 5) is 50.8. The topological polar surface area (TPSA) is 114 Å². The normalized spacial score (nSPS) is 12.4. The van der Waals surface area contributed by atoms with Crippen molar-refractivity contribution in [3.05, 3.63) is 65.5 Å². The molecule has 200 valence electrons. The summed E-state index contributed by atoms with van der Waals surface area (Å²) in [6.07, 6.45) is 1.31. The lowest BCUT2D eigenvalue weighted by atomic mass is 10.0. The van der Waals surface area contributed by atoms with E-state index in [2.05, 4.69) is 16.0 Å². The van der Waals surface area contributed by atoms with Gasteiger partial charge in [0.2, 0.25) is 17.6 Å². The molecule has 0 aliphatic carbocycles. The van der Waals surface area contributed by atoms with E-state index in [9.17, 15) is 23.6 Å². The van der Waals surface area contributed by atoms with Gasteiger partial charge in [0.05, 0.1) is 13.2 Å². The van der Waals surface area contributed by atoms with Gasteiger partial charge in [-0.25, -0.2) is 4.39 Å². The number of ketones is 1. The third kappa shape index (κ3) is 10.0. The molecule has 9 heteroatoms. The number of methoxy groups -OCH3 is 1. The molecule has 0 saturated carbocycles. The number of rotatable bonds is 14. The number of carbonyl (C=O) groups excluding carboxylic acids is 4. The summed E-state index contributed by atoms with van der Waals surface area (Å²) >= 11 is 0. The molecule has 3 N–H and O–H groups in total. The molecule has 2 rings (SSSR count). The first-order valence-corrected chi connectivity index (χ1v) is 12.4. The van der Waals surface area contributed by atoms with E-state index in [1.54, 1.807) is 13.0 Å². The molecule has 0 saturated heterocycles. The van der Waals surface area contributed by atoms with E-state index in [1.807, 2.05) is 44.2 Å². The fourth-order valence-electron chi connectivity index (χ4n) is 3.77. The lowest BCUT2D eigenvalue weighted by Gasteiger charge is -2.23. The summed E-state index contributed by atoms with van der Waals surface area (Å²) < 4.78 is 18.7. The predicted molar refractivity (Wildman–Crippen MR) is 138 cm³/mol. The maximum absolute atomic E-state index is 13.7. The summed E-state index contributed by atoms with van der Waals surface area (Å²) in [6.45, 7) is 5.43. The van der Waals surface area contributed by atoms with Crippen LogP contribution in [0.2, 0.25) is 0 Å². The number of amides is 3. The van der Waals surface area contributed by atoms with E-state index in [0.29, 0.717) is 18.4 Å². The number of halogens is 1. The van der Waals surface area contributed by atoms with E-state index in [1.165, 1.54) is 19.2 Å². The molecular weight excluding hydrogens is 477 g/mol. The zero-order valence-electron chi connectivity index (χ0n) is 21.8. The van der Waals surface area contributed by atoms with Crippen molar-refractivity contribution in [1.82, 2.24) is 16.0 Å². The van der Waals surface area contributed by atoms with E-state index in [0.717, 1.165) is 5.56 Å². The lowest BCUT2D eigenvalue weighted by molar-refractivity contribution is -0.140. The van der Waals surface area contributed by atoms with Gasteiger partial charge in [0.25, 0.3) is 5.91 Å². The van der Waals surface area contributed by atoms with Crippen molar-refractivity contribution in [1.29, 1.82) is 0 Å². The van der Waals surface area contributed by atoms with Crippen molar-refractivity contribution in [2.24, 2.45) is 5.92 Å². The first kappa shape index (κ1) is 29.5. The standard InChI is InChI=1S/C28H36FN3O5/c1-5-23(26(34)28(36)30-17-20-14-21(29)16-22(15-20)37-4)32-27(35)24(13-18(2)3)31-25(33)12-11-19-9-7-6-8-10-19/h6-10,14-16,18,23-24H,5,11-13,17H2,1-4H3,(H,30,36)(H,31,33)(H,32,35). The second-order valence-electron chi connectivity index (χ2n) is 9.25. The maximum atomic E-state index is 13.7. The third-order valence-electron chi connectivity index (χ3n) is 5.73. The van der Waals surface area contributed by atoms with Crippen LogP contribution >= 0.6 is 0 Å². The molecule has 0 spiro atoms. The Kier molecular flexibility index (Phi) is 11.7. The van der Waals surface area contributed by atoms with Crippen LogP contribution in [0.1, 0.15) is 51.2 Å². The fraction of sp³-hybridized carbons (Fsp3) is 0.429. The van der Waals surface area contributed by atoms with Gasteiger partial charge < -0.3 is 20.7 Å². The lowest BCUT2D eigenvalue weighted by Crippen LogP contribution is -2.54. The average Bonchev–Trinajstić information content (AvgIpc) is 2.88. The molecular formula is C28H36FN3O5. The fourth-order valence-corrected chi connectivity index (χ4v) is 3.77. The molecule has 0 aliphatic heterocycles. The van der Waals surface area contributed by atoms with Crippen molar-refractivity contribution in [2.75, 3.05) is 7.11 Å². The van der Waals surface area contributed by atoms with E-state index < -0.39 is 35.5 Å². The van der Waals surface area contributed by atoms with Crippen LogP contribution in [0.5, 0.6) is 5.75 Å². The van der Waals surface area contributed by atoms with Crippen molar-refractivity contribution >= 4 is 23.5 Å². The van der Waals surface area contributed by atoms with Crippen LogP contribution in [0.4, 0.5) is 4.39 Å². The van der Waals surface area contributed by atoms with Crippen LogP contribution in [0.3, 0.4) is 0 Å². The maximum Gasteiger partial charge on any atom is 0.289 e. The van der Waals surface area contributed by atoms with Gasteiger partial charge in [0, 0.05) is 19.0 Å². The number of nitrogens with one attached hydrogen (secondary N) is 3. The summed E-state index contributed by atoms with van der Waals surface area (Å²) in [6, 6.07) is 11.6. The van der Waals surface area contributed by atoms with Crippen molar-refractivity contribution in [3.63, 3.8) is 0 Å². The second kappa shape index (κ2) is 14.7. The molecule has 0 heterocycles. The molecule has 2 unspecified atom stereocenters. The van der Waals surface area contributed by atoms with E-state index in [-0.39, 0.29) is 37.0 Å². The SMILES string of the molecule is CCC(NC(=O)C(CC(C)C)NC(=O)CCc1ccccc1)C(=O)C(=O)NCc1cc(F)cc(OC)c1. The van der Waals surface area contributed by atoms with Gasteiger partial charge in [-0.15, -0.1) is 0 Å². The van der Waals surface area contributed by atoms with Gasteiger partial charge >= 0.3 is 0 Å². The molecule has 0 bridgehead atoms. The minimum absolute atomic E-state index is 0.0868. The molecule has 37 heavy (non-hydrogen) atoms. The Hall–Kier alpha value is -3.75. The van der Waals surface area contributed by atoms with Crippen LogP contribution < -0.4 is 20.7 Å². The predicted octanol–water partition coefficient (Wildman–Crippen LogP) is 3.08. The van der Waals surface area contributed by atoms with Gasteiger partial charge in [-0.05, 0) is 48.4 Å². The van der Waals surface area contributed by atoms with Crippen LogP contribution in [0, 0.1) is 11.7 Å². The number of hydrogen-bond acceptors (Lipinski definition) is 5. The number of Topliss-reactive ketones (excluding diaryl/α,β-unsaturated/α-hetero) is 1. The molecule has 0 aromatic heterocycles. The number of hydrogen-bond donors (Lipinski definition) is 3. The van der Waals surface area contributed by atoms with Crippen molar-refractivity contribution in [2.45, 2.75) is 65.1 Å². The molecule has 0 aliphatic rings. The zero-order chi connectivity index (χ0) is 27.4. The van der Waals surface area contributed by atoms with Gasteiger partial charge in [-0.1, -0.05) is 51.1 Å². The third-order valence-corrected chi connectivity index (χ3v) is 5.73. The second-order valence-corrected chi connectivity index (χ2v) is 9.25. The Morgan fingerprint density at radius 2 is 1.65 bits per heavy atom.